The molecule has 0 amide bonds. The van der Waals surface area contributed by atoms with Crippen molar-refractivity contribution in [1.82, 2.24) is 14.1 Å². The molecule has 1 aliphatic heterocycles. The molecule has 6 nitrogen and oxygen atoms in total. The van der Waals surface area contributed by atoms with Crippen LogP contribution in [0.15, 0.2) is 16.6 Å². The van der Waals surface area contributed by atoms with E-state index in [1.807, 2.05) is 0 Å². The van der Waals surface area contributed by atoms with Gasteiger partial charge in [-0.05, 0) is 12.2 Å². The maximum absolute atomic E-state index is 12.5. The minimum absolute atomic E-state index is 0.0805. The fourth-order valence-electron chi connectivity index (χ4n) is 2.04. The van der Waals surface area contributed by atoms with Gasteiger partial charge in [0.15, 0.2) is 15.1 Å². The van der Waals surface area contributed by atoms with Gasteiger partial charge in [-0.25, -0.2) is 13.4 Å². The number of fused-ring (bicyclic) bond motifs is 1. The van der Waals surface area contributed by atoms with Gasteiger partial charge in [0.2, 0.25) is 0 Å². The number of sulfonamides is 1. The normalized spacial score (nSPS) is 23.2. The Morgan fingerprint density at radius 1 is 1.60 bits per heavy atom. The number of nitriles is 1. The minimum atomic E-state index is -3.91. The zero-order valence-electron chi connectivity index (χ0n) is 10.0. The molecule has 1 atom stereocenters. The van der Waals surface area contributed by atoms with E-state index < -0.39 is 15.6 Å². The lowest BCUT2D eigenvalue weighted by atomic mass is 10.0. The highest BCUT2D eigenvalue weighted by Gasteiger charge is 2.40. The van der Waals surface area contributed by atoms with Gasteiger partial charge in [0, 0.05) is 17.3 Å². The molecule has 0 bridgehead atoms. The molecule has 3 heterocycles. The first-order valence-electron chi connectivity index (χ1n) is 5.61. The average Bonchev–Trinajstić information content (AvgIpc) is 3.04. The van der Waals surface area contributed by atoms with Gasteiger partial charge in [-0.3, -0.25) is 4.40 Å². The van der Waals surface area contributed by atoms with Crippen molar-refractivity contribution in [3.8, 4) is 6.07 Å². The number of hydrogen-bond donors (Lipinski definition) is 1. The van der Waals surface area contributed by atoms with Crippen LogP contribution in [-0.2, 0) is 10.0 Å². The Kier molecular flexibility index (Phi) is 3.46. The van der Waals surface area contributed by atoms with Gasteiger partial charge in [0.1, 0.15) is 5.54 Å². The summed E-state index contributed by atoms with van der Waals surface area (Å²) < 4.78 is 29.0. The van der Waals surface area contributed by atoms with Crippen LogP contribution in [0.2, 0.25) is 5.15 Å². The fourth-order valence-corrected chi connectivity index (χ4v) is 6.20. The molecule has 20 heavy (non-hydrogen) atoms. The molecule has 1 N–H and O–H groups in total. The van der Waals surface area contributed by atoms with E-state index in [0.717, 1.165) is 5.75 Å². The highest BCUT2D eigenvalue weighted by molar-refractivity contribution is 7.99. The summed E-state index contributed by atoms with van der Waals surface area (Å²) in [4.78, 5) is 4.50. The number of thioether (sulfide) groups is 1. The second-order valence-electron chi connectivity index (χ2n) is 4.37. The van der Waals surface area contributed by atoms with Crippen LogP contribution in [0.1, 0.15) is 6.42 Å². The molecule has 0 saturated carbocycles. The van der Waals surface area contributed by atoms with Crippen LogP contribution in [-0.4, -0.2) is 34.8 Å². The first-order chi connectivity index (χ1) is 9.47. The van der Waals surface area contributed by atoms with Crippen molar-refractivity contribution in [2.75, 3.05) is 11.5 Å². The van der Waals surface area contributed by atoms with E-state index in [1.54, 1.807) is 23.3 Å². The molecule has 0 spiro atoms. The highest BCUT2D eigenvalue weighted by atomic mass is 35.5. The molecule has 2 aromatic rings. The Balaban J connectivity index is 2.06. The lowest BCUT2D eigenvalue weighted by Crippen LogP contribution is -2.47. The van der Waals surface area contributed by atoms with Crippen molar-refractivity contribution in [2.45, 2.75) is 17.0 Å². The van der Waals surface area contributed by atoms with Crippen molar-refractivity contribution in [2.24, 2.45) is 0 Å². The zero-order chi connectivity index (χ0) is 14.4. The van der Waals surface area contributed by atoms with E-state index in [4.69, 9.17) is 11.6 Å². The minimum Gasteiger partial charge on any atom is -0.279 e. The Morgan fingerprint density at radius 3 is 3.05 bits per heavy atom. The third kappa shape index (κ3) is 2.21. The van der Waals surface area contributed by atoms with Crippen LogP contribution in [0.3, 0.4) is 0 Å². The maximum atomic E-state index is 12.5. The van der Waals surface area contributed by atoms with Gasteiger partial charge in [0.25, 0.3) is 10.0 Å². The summed E-state index contributed by atoms with van der Waals surface area (Å²) in [5.74, 6) is 1.19. The molecule has 2 aromatic heterocycles. The van der Waals surface area contributed by atoms with E-state index in [1.165, 1.54) is 15.7 Å². The molecule has 1 saturated heterocycles. The molecule has 10 heteroatoms. The van der Waals surface area contributed by atoms with Crippen LogP contribution in [0.25, 0.3) is 4.96 Å². The molecule has 0 aromatic carbocycles. The number of thiazole rings is 1. The summed E-state index contributed by atoms with van der Waals surface area (Å²) in [6.45, 7) is 0. The van der Waals surface area contributed by atoms with E-state index in [9.17, 15) is 13.7 Å². The van der Waals surface area contributed by atoms with Crippen LogP contribution in [0.4, 0.5) is 0 Å². The Labute approximate surface area is 128 Å². The monoisotopic (exact) mass is 348 g/mol. The highest BCUT2D eigenvalue weighted by Crippen LogP contribution is 2.31. The molecule has 1 unspecified atom stereocenters. The molecule has 1 aliphatic rings. The topological polar surface area (TPSA) is 87.3 Å². The van der Waals surface area contributed by atoms with Crippen molar-refractivity contribution in [3.63, 3.8) is 0 Å². The van der Waals surface area contributed by atoms with Crippen molar-refractivity contribution in [1.29, 1.82) is 5.26 Å². The van der Waals surface area contributed by atoms with E-state index in [0.29, 0.717) is 17.1 Å². The number of hydrogen-bond acceptors (Lipinski definition) is 6. The lowest BCUT2D eigenvalue weighted by molar-refractivity contribution is 0.512. The molecular weight excluding hydrogens is 340 g/mol. The van der Waals surface area contributed by atoms with Crippen LogP contribution in [0.5, 0.6) is 0 Å². The molecular formula is C10H9ClN4O2S3. The zero-order valence-corrected chi connectivity index (χ0v) is 13.2. The smallest absolute Gasteiger partial charge is 0.261 e. The fraction of sp³-hybridized carbons (Fsp3) is 0.400. The van der Waals surface area contributed by atoms with Crippen molar-refractivity contribution in [3.05, 3.63) is 16.7 Å². The standard InChI is InChI=1S/C10H9ClN4O2S3/c11-7-8(15-2-4-19-9(15)13-7)20(16,17)14-10(5-12)1-3-18-6-10/h2,4,14H,1,3,6H2. The summed E-state index contributed by atoms with van der Waals surface area (Å²) in [6, 6.07) is 2.08. The second-order valence-corrected chi connectivity index (χ2v) is 8.30. The van der Waals surface area contributed by atoms with E-state index in [-0.39, 0.29) is 10.2 Å². The van der Waals surface area contributed by atoms with Gasteiger partial charge >= 0.3 is 0 Å². The quantitative estimate of drug-likeness (QED) is 0.912. The number of halogens is 1. The summed E-state index contributed by atoms with van der Waals surface area (Å²) >= 11 is 8.78. The maximum Gasteiger partial charge on any atom is 0.261 e. The first-order valence-corrected chi connectivity index (χ1v) is 9.51. The van der Waals surface area contributed by atoms with Crippen molar-refractivity contribution >= 4 is 49.7 Å². The molecule has 1 fully saturated rings. The van der Waals surface area contributed by atoms with Gasteiger partial charge in [-0.2, -0.15) is 21.7 Å². The summed E-state index contributed by atoms with van der Waals surface area (Å²) in [7, 11) is -3.91. The van der Waals surface area contributed by atoms with E-state index >= 15 is 0 Å². The van der Waals surface area contributed by atoms with Crippen LogP contribution >= 0.6 is 34.7 Å². The van der Waals surface area contributed by atoms with Crippen molar-refractivity contribution < 1.29 is 8.42 Å². The van der Waals surface area contributed by atoms with Gasteiger partial charge in [-0.15, -0.1) is 11.3 Å². The predicted molar refractivity (Wildman–Crippen MR) is 78.7 cm³/mol. The number of nitrogens with zero attached hydrogens (tertiary/aromatic N) is 3. The Hall–Kier alpha value is -0.790. The van der Waals surface area contributed by atoms with E-state index in [2.05, 4.69) is 15.8 Å². The molecule has 106 valence electrons. The average molecular weight is 349 g/mol. The molecule has 3 rings (SSSR count). The van der Waals surface area contributed by atoms with Crippen LogP contribution < -0.4 is 4.72 Å². The number of rotatable bonds is 3. The molecule has 0 radical (unpaired) electrons. The predicted octanol–water partition coefficient (Wildman–Crippen LogP) is 1.73. The summed E-state index contributed by atoms with van der Waals surface area (Å²) in [6.07, 6.45) is 2.08. The van der Waals surface area contributed by atoms with Crippen LogP contribution in [0, 0.1) is 11.3 Å². The largest absolute Gasteiger partial charge is 0.279 e. The SMILES string of the molecule is N#CC1(NS(=O)(=O)c2c(Cl)nc3sccn23)CCSC1. The summed E-state index contributed by atoms with van der Waals surface area (Å²) in [5, 5.41) is 10.8. The number of imidazole rings is 1. The molecule has 0 aliphatic carbocycles. The second kappa shape index (κ2) is 4.89. The third-order valence-electron chi connectivity index (χ3n) is 3.00. The summed E-state index contributed by atoms with van der Waals surface area (Å²) in [5.41, 5.74) is -1.06. The van der Waals surface area contributed by atoms with Gasteiger partial charge < -0.3 is 0 Å². The lowest BCUT2D eigenvalue weighted by Gasteiger charge is -2.20. The van der Waals surface area contributed by atoms with Gasteiger partial charge in [-0.1, -0.05) is 11.6 Å². The third-order valence-corrected chi connectivity index (χ3v) is 6.88. The Bertz CT molecular complexity index is 798. The first kappa shape index (κ1) is 14.2. The Morgan fingerprint density at radius 2 is 2.40 bits per heavy atom. The van der Waals surface area contributed by atoms with Gasteiger partial charge in [0.05, 0.1) is 6.07 Å². The number of aromatic nitrogens is 2. The number of nitrogens with one attached hydrogen (secondary N) is 1.